The van der Waals surface area contributed by atoms with Crippen LogP contribution in [0.25, 0.3) is 0 Å². The average Bonchev–Trinajstić information content (AvgIpc) is 2.83. The summed E-state index contributed by atoms with van der Waals surface area (Å²) in [5.74, 6) is -0.194. The molecule has 0 fully saturated rings. The zero-order valence-corrected chi connectivity index (χ0v) is 12.5. The van der Waals surface area contributed by atoms with E-state index in [0.29, 0.717) is 5.69 Å². The van der Waals surface area contributed by atoms with Gasteiger partial charge in [0.05, 0.1) is 0 Å². The summed E-state index contributed by atoms with van der Waals surface area (Å²) in [6.07, 6.45) is 1.92. The number of H-pyrrole nitrogens is 1. The molecule has 100 valence electrons. The summed E-state index contributed by atoms with van der Waals surface area (Å²) in [6.45, 7) is 4.07. The van der Waals surface area contributed by atoms with Gasteiger partial charge < -0.3 is 5.32 Å². The number of hydrogen-bond acceptors (Lipinski definition) is 2. The first kappa shape index (κ1) is 13.8. The Hall–Kier alpha value is -1.62. The van der Waals surface area contributed by atoms with Gasteiger partial charge in [-0.25, -0.2) is 0 Å². The van der Waals surface area contributed by atoms with Gasteiger partial charge >= 0.3 is 0 Å². The van der Waals surface area contributed by atoms with Crippen LogP contribution in [0.5, 0.6) is 0 Å². The quantitative estimate of drug-likeness (QED) is 0.902. The maximum absolute atomic E-state index is 12.0. The van der Waals surface area contributed by atoms with Crippen LogP contribution in [0.1, 0.15) is 35.1 Å². The van der Waals surface area contributed by atoms with Crippen molar-refractivity contribution in [2.24, 2.45) is 0 Å². The monoisotopic (exact) mass is 321 g/mol. The highest BCUT2D eigenvalue weighted by Gasteiger charge is 2.10. The molecule has 0 radical (unpaired) electrons. The molecule has 0 atom stereocenters. The molecule has 4 nitrogen and oxygen atoms in total. The van der Waals surface area contributed by atoms with Crippen LogP contribution in [0.2, 0.25) is 0 Å². The van der Waals surface area contributed by atoms with E-state index in [1.807, 2.05) is 25.1 Å². The van der Waals surface area contributed by atoms with Crippen LogP contribution >= 0.6 is 15.9 Å². The minimum absolute atomic E-state index is 0.194. The number of halogens is 1. The van der Waals surface area contributed by atoms with Gasteiger partial charge in [0.1, 0.15) is 0 Å². The minimum Gasteiger partial charge on any atom is -0.321 e. The Kier molecular flexibility index (Phi) is 4.37. The SMILES string of the molecule is CCCc1cc(C(=O)Nc2ccc(Br)c(C)c2)n[nH]1. The Bertz CT molecular complexity index is 592. The number of nitrogens with zero attached hydrogens (tertiary/aromatic N) is 1. The number of benzene rings is 1. The maximum Gasteiger partial charge on any atom is 0.276 e. The van der Waals surface area contributed by atoms with Gasteiger partial charge in [0.2, 0.25) is 0 Å². The van der Waals surface area contributed by atoms with Gasteiger partial charge in [-0.05, 0) is 43.2 Å². The van der Waals surface area contributed by atoms with Gasteiger partial charge in [-0.1, -0.05) is 29.3 Å². The first-order chi connectivity index (χ1) is 9.10. The van der Waals surface area contributed by atoms with E-state index in [-0.39, 0.29) is 5.91 Å². The van der Waals surface area contributed by atoms with Gasteiger partial charge in [0.25, 0.3) is 5.91 Å². The molecule has 5 heteroatoms. The van der Waals surface area contributed by atoms with Crippen LogP contribution in [0.4, 0.5) is 5.69 Å². The van der Waals surface area contributed by atoms with Crippen LogP contribution in [-0.4, -0.2) is 16.1 Å². The van der Waals surface area contributed by atoms with Gasteiger partial charge in [0.15, 0.2) is 5.69 Å². The molecule has 0 aliphatic carbocycles. The lowest BCUT2D eigenvalue weighted by atomic mass is 10.2. The van der Waals surface area contributed by atoms with Gasteiger partial charge in [-0.2, -0.15) is 5.10 Å². The highest BCUT2D eigenvalue weighted by molar-refractivity contribution is 9.10. The lowest BCUT2D eigenvalue weighted by molar-refractivity contribution is 0.102. The molecule has 2 rings (SSSR count). The van der Waals surface area contributed by atoms with Crippen molar-refractivity contribution >= 4 is 27.5 Å². The van der Waals surface area contributed by atoms with Crippen molar-refractivity contribution in [3.05, 3.63) is 45.7 Å². The molecular formula is C14H16BrN3O. The molecule has 0 saturated carbocycles. The molecule has 0 aliphatic rings. The number of aryl methyl sites for hydroxylation is 2. The number of hydrogen-bond donors (Lipinski definition) is 2. The third-order valence-corrected chi connectivity index (χ3v) is 3.69. The largest absolute Gasteiger partial charge is 0.321 e. The highest BCUT2D eigenvalue weighted by atomic mass is 79.9. The number of nitrogens with one attached hydrogen (secondary N) is 2. The Labute approximate surface area is 120 Å². The molecular weight excluding hydrogens is 306 g/mol. The molecule has 0 unspecified atom stereocenters. The molecule has 0 spiro atoms. The molecule has 1 heterocycles. The maximum atomic E-state index is 12.0. The van der Waals surface area contributed by atoms with Crippen LogP contribution in [0, 0.1) is 6.92 Å². The van der Waals surface area contributed by atoms with Crippen LogP contribution in [0.15, 0.2) is 28.7 Å². The van der Waals surface area contributed by atoms with E-state index in [1.54, 1.807) is 6.07 Å². The molecule has 0 aliphatic heterocycles. The van der Waals surface area contributed by atoms with E-state index in [0.717, 1.165) is 34.3 Å². The zero-order valence-electron chi connectivity index (χ0n) is 11.0. The number of aromatic amines is 1. The van der Waals surface area contributed by atoms with Crippen LogP contribution in [-0.2, 0) is 6.42 Å². The average molecular weight is 322 g/mol. The second kappa shape index (κ2) is 6.02. The van der Waals surface area contributed by atoms with Crippen molar-refractivity contribution in [1.29, 1.82) is 0 Å². The smallest absolute Gasteiger partial charge is 0.276 e. The summed E-state index contributed by atoms with van der Waals surface area (Å²) < 4.78 is 1.02. The zero-order chi connectivity index (χ0) is 13.8. The second-order valence-electron chi connectivity index (χ2n) is 4.45. The fourth-order valence-corrected chi connectivity index (χ4v) is 2.04. The lowest BCUT2D eigenvalue weighted by Crippen LogP contribution is -2.12. The van der Waals surface area contributed by atoms with Crippen LogP contribution < -0.4 is 5.32 Å². The van der Waals surface area contributed by atoms with Crippen molar-refractivity contribution in [1.82, 2.24) is 10.2 Å². The third kappa shape index (κ3) is 3.44. The molecule has 2 aromatic rings. The van der Waals surface area contributed by atoms with E-state index in [9.17, 15) is 4.79 Å². The summed E-state index contributed by atoms with van der Waals surface area (Å²) >= 11 is 3.43. The summed E-state index contributed by atoms with van der Waals surface area (Å²) in [5, 5.41) is 9.74. The van der Waals surface area contributed by atoms with Crippen molar-refractivity contribution in [3.63, 3.8) is 0 Å². The first-order valence-electron chi connectivity index (χ1n) is 6.22. The minimum atomic E-state index is -0.194. The van der Waals surface area contributed by atoms with Gasteiger partial charge in [-0.15, -0.1) is 0 Å². The second-order valence-corrected chi connectivity index (χ2v) is 5.30. The number of aromatic nitrogens is 2. The van der Waals surface area contributed by atoms with E-state index >= 15 is 0 Å². The summed E-state index contributed by atoms with van der Waals surface area (Å²) in [6, 6.07) is 7.48. The standard InChI is InChI=1S/C14H16BrN3O/c1-3-4-11-8-13(18-17-11)14(19)16-10-5-6-12(15)9(2)7-10/h5-8H,3-4H2,1-2H3,(H,16,19)(H,17,18). The fraction of sp³-hybridized carbons (Fsp3) is 0.286. The normalized spacial score (nSPS) is 10.5. The molecule has 1 aromatic carbocycles. The summed E-state index contributed by atoms with van der Waals surface area (Å²) in [4.78, 5) is 12.0. The number of amides is 1. The number of carbonyl (C=O) groups is 1. The Balaban J connectivity index is 2.09. The van der Waals surface area contributed by atoms with E-state index < -0.39 is 0 Å². The van der Waals surface area contributed by atoms with Crippen LogP contribution in [0.3, 0.4) is 0 Å². The van der Waals surface area contributed by atoms with Crippen molar-refractivity contribution in [3.8, 4) is 0 Å². The van der Waals surface area contributed by atoms with Crippen molar-refractivity contribution < 1.29 is 4.79 Å². The van der Waals surface area contributed by atoms with Crippen molar-refractivity contribution in [2.75, 3.05) is 5.32 Å². The first-order valence-corrected chi connectivity index (χ1v) is 7.01. The highest BCUT2D eigenvalue weighted by Crippen LogP contribution is 2.20. The lowest BCUT2D eigenvalue weighted by Gasteiger charge is -2.05. The Morgan fingerprint density at radius 1 is 1.42 bits per heavy atom. The van der Waals surface area contributed by atoms with E-state index in [4.69, 9.17) is 0 Å². The Morgan fingerprint density at radius 3 is 2.89 bits per heavy atom. The summed E-state index contributed by atoms with van der Waals surface area (Å²) in [7, 11) is 0. The number of carbonyl (C=O) groups excluding carboxylic acids is 1. The predicted molar refractivity (Wildman–Crippen MR) is 79.4 cm³/mol. The molecule has 2 N–H and O–H groups in total. The molecule has 1 amide bonds. The molecule has 1 aromatic heterocycles. The van der Waals surface area contributed by atoms with E-state index in [1.165, 1.54) is 0 Å². The third-order valence-electron chi connectivity index (χ3n) is 2.80. The Morgan fingerprint density at radius 2 is 2.21 bits per heavy atom. The van der Waals surface area contributed by atoms with Gasteiger partial charge in [0, 0.05) is 15.9 Å². The summed E-state index contributed by atoms with van der Waals surface area (Å²) in [5.41, 5.74) is 3.25. The molecule has 0 saturated heterocycles. The van der Waals surface area contributed by atoms with Gasteiger partial charge in [-0.3, -0.25) is 9.89 Å². The molecule has 19 heavy (non-hydrogen) atoms. The topological polar surface area (TPSA) is 57.8 Å². The number of rotatable bonds is 4. The van der Waals surface area contributed by atoms with Crippen molar-refractivity contribution in [2.45, 2.75) is 26.7 Å². The van der Waals surface area contributed by atoms with E-state index in [2.05, 4.69) is 38.4 Å². The molecule has 0 bridgehead atoms. The predicted octanol–water partition coefficient (Wildman–Crippen LogP) is 3.69. The fourth-order valence-electron chi connectivity index (χ4n) is 1.79. The number of anilines is 1.